The lowest BCUT2D eigenvalue weighted by Crippen LogP contribution is -2.61. The highest BCUT2D eigenvalue weighted by Crippen LogP contribution is 2.45. The summed E-state index contributed by atoms with van der Waals surface area (Å²) in [6.45, 7) is 3.54. The Morgan fingerprint density at radius 2 is 1.89 bits per heavy atom. The lowest BCUT2D eigenvalue weighted by atomic mass is 9.71. The molecule has 5 heterocycles. The van der Waals surface area contributed by atoms with Crippen molar-refractivity contribution in [3.05, 3.63) is 53.6 Å². The number of rotatable bonds is 3. The molecule has 0 bridgehead atoms. The van der Waals surface area contributed by atoms with E-state index in [-0.39, 0.29) is 29.6 Å². The number of hydrogen-bond acceptors (Lipinski definition) is 7. The second-order valence-electron chi connectivity index (χ2n) is 9.95. The molecule has 4 aliphatic rings. The number of piperidine rings is 2. The fourth-order valence-electron chi connectivity index (χ4n) is 5.88. The number of anilines is 1. The Balaban J connectivity index is 1.12. The number of nitrogens with one attached hydrogen (secondary N) is 1. The van der Waals surface area contributed by atoms with Crippen molar-refractivity contribution in [1.29, 1.82) is 0 Å². The molecule has 1 aromatic heterocycles. The molecule has 0 saturated carbocycles. The molecule has 4 amide bonds. The monoisotopic (exact) mass is 474 g/mol. The fourth-order valence-corrected chi connectivity index (χ4v) is 5.88. The first-order chi connectivity index (χ1) is 16.9. The molecule has 10 heteroatoms. The molecular weight excluding hydrogens is 448 g/mol. The van der Waals surface area contributed by atoms with Gasteiger partial charge in [-0.2, -0.15) is 0 Å². The van der Waals surface area contributed by atoms with Crippen molar-refractivity contribution in [1.82, 2.24) is 25.1 Å². The molecule has 1 unspecified atom stereocenters. The van der Waals surface area contributed by atoms with E-state index in [1.807, 2.05) is 23.1 Å². The van der Waals surface area contributed by atoms with Crippen LogP contribution in [0.5, 0.6) is 0 Å². The van der Waals surface area contributed by atoms with E-state index in [9.17, 15) is 19.2 Å². The standard InChI is InChI=1S/C25H26N6O4/c32-21-5-4-20(22(33)28-21)31-12-17-16(23(31)34)2-1-3-19(17)30-13-25(14-30)7-10-29(11-8-25)24(35)18-6-9-26-15-27-18/h1-3,6,9,15,20H,4-5,7-8,10-14H2,(H,28,32,33). The Kier molecular flexibility index (Phi) is 5.05. The predicted octanol–water partition coefficient (Wildman–Crippen LogP) is 0.980. The largest absolute Gasteiger partial charge is 0.370 e. The first-order valence-corrected chi connectivity index (χ1v) is 12.0. The minimum absolute atomic E-state index is 0.0497. The van der Waals surface area contributed by atoms with Crippen molar-refractivity contribution < 1.29 is 19.2 Å². The maximum Gasteiger partial charge on any atom is 0.272 e. The Bertz CT molecular complexity index is 1220. The zero-order chi connectivity index (χ0) is 24.2. The van der Waals surface area contributed by atoms with Crippen LogP contribution >= 0.6 is 0 Å². The van der Waals surface area contributed by atoms with Crippen LogP contribution in [0.4, 0.5) is 5.69 Å². The Morgan fingerprint density at radius 3 is 2.60 bits per heavy atom. The molecule has 35 heavy (non-hydrogen) atoms. The minimum Gasteiger partial charge on any atom is -0.370 e. The van der Waals surface area contributed by atoms with Crippen LogP contribution < -0.4 is 10.2 Å². The minimum atomic E-state index is -0.611. The van der Waals surface area contributed by atoms with Crippen LogP contribution in [-0.2, 0) is 16.1 Å². The van der Waals surface area contributed by atoms with Gasteiger partial charge in [0.15, 0.2) is 0 Å². The number of fused-ring (bicyclic) bond motifs is 1. The third-order valence-corrected chi connectivity index (χ3v) is 7.86. The third-order valence-electron chi connectivity index (χ3n) is 7.86. The molecule has 2 aromatic rings. The maximum absolute atomic E-state index is 13.1. The summed E-state index contributed by atoms with van der Waals surface area (Å²) in [5.41, 5.74) is 3.22. The van der Waals surface area contributed by atoms with Gasteiger partial charge in [0, 0.05) is 67.6 Å². The number of imide groups is 1. The number of carbonyl (C=O) groups is 4. The van der Waals surface area contributed by atoms with E-state index in [2.05, 4.69) is 20.2 Å². The molecule has 0 aliphatic carbocycles. The van der Waals surface area contributed by atoms with Gasteiger partial charge in [-0.1, -0.05) is 6.07 Å². The van der Waals surface area contributed by atoms with Crippen LogP contribution in [-0.4, -0.2) is 75.6 Å². The molecular formula is C25H26N6O4. The van der Waals surface area contributed by atoms with E-state index < -0.39 is 11.9 Å². The van der Waals surface area contributed by atoms with Gasteiger partial charge in [-0.05, 0) is 37.5 Å². The van der Waals surface area contributed by atoms with Gasteiger partial charge in [0.05, 0.1) is 0 Å². The first kappa shape index (κ1) is 21.7. The number of likely N-dealkylation sites (tertiary alicyclic amines) is 1. The van der Waals surface area contributed by atoms with Gasteiger partial charge in [-0.3, -0.25) is 24.5 Å². The number of amides is 4. The molecule has 1 aromatic carbocycles. The van der Waals surface area contributed by atoms with Gasteiger partial charge in [-0.25, -0.2) is 9.97 Å². The highest BCUT2D eigenvalue weighted by Gasteiger charge is 2.47. The summed E-state index contributed by atoms with van der Waals surface area (Å²) < 4.78 is 0. The first-order valence-electron chi connectivity index (χ1n) is 12.0. The number of nitrogens with zero attached hydrogens (tertiary/aromatic N) is 5. The topological polar surface area (TPSA) is 116 Å². The van der Waals surface area contributed by atoms with E-state index >= 15 is 0 Å². The zero-order valence-corrected chi connectivity index (χ0v) is 19.3. The molecule has 180 valence electrons. The van der Waals surface area contributed by atoms with Crippen molar-refractivity contribution in [2.45, 2.75) is 38.3 Å². The summed E-state index contributed by atoms with van der Waals surface area (Å²) in [7, 11) is 0. The fraction of sp³-hybridized carbons (Fsp3) is 0.440. The second kappa shape index (κ2) is 8.14. The third kappa shape index (κ3) is 3.64. The normalized spacial score (nSPS) is 23.3. The SMILES string of the molecule is O=C1CCC(N2Cc3c(cccc3N3CC4(CCN(C(=O)c5ccncn5)CC4)C3)C2=O)C(=O)N1. The molecule has 10 nitrogen and oxygen atoms in total. The van der Waals surface area contributed by atoms with Gasteiger partial charge in [0.2, 0.25) is 11.8 Å². The predicted molar refractivity (Wildman–Crippen MR) is 124 cm³/mol. The van der Waals surface area contributed by atoms with Crippen molar-refractivity contribution in [3.63, 3.8) is 0 Å². The summed E-state index contributed by atoms with van der Waals surface area (Å²) in [5, 5.41) is 2.36. The van der Waals surface area contributed by atoms with Crippen LogP contribution in [0.2, 0.25) is 0 Å². The molecule has 1 spiro atoms. The van der Waals surface area contributed by atoms with Crippen LogP contribution in [0.1, 0.15) is 52.1 Å². The molecule has 3 fully saturated rings. The maximum atomic E-state index is 13.1. The molecule has 1 atom stereocenters. The number of benzene rings is 1. The van der Waals surface area contributed by atoms with Gasteiger partial charge < -0.3 is 14.7 Å². The van der Waals surface area contributed by atoms with Crippen molar-refractivity contribution >= 4 is 29.3 Å². The average Bonchev–Trinajstić information content (AvgIpc) is 3.19. The Hall–Kier alpha value is -3.82. The van der Waals surface area contributed by atoms with Crippen LogP contribution in [0.3, 0.4) is 0 Å². The molecule has 4 aliphatic heterocycles. The molecule has 3 saturated heterocycles. The average molecular weight is 475 g/mol. The van der Waals surface area contributed by atoms with Crippen molar-refractivity contribution in [2.24, 2.45) is 5.41 Å². The highest BCUT2D eigenvalue weighted by molar-refractivity contribution is 6.06. The number of aromatic nitrogens is 2. The van der Waals surface area contributed by atoms with Gasteiger partial charge >= 0.3 is 0 Å². The summed E-state index contributed by atoms with van der Waals surface area (Å²) in [6, 6.07) is 6.79. The number of carbonyl (C=O) groups excluding carboxylic acids is 4. The van der Waals surface area contributed by atoms with E-state index in [1.54, 1.807) is 17.2 Å². The van der Waals surface area contributed by atoms with Gasteiger partial charge in [-0.15, -0.1) is 0 Å². The number of hydrogen-bond donors (Lipinski definition) is 1. The lowest BCUT2D eigenvalue weighted by Gasteiger charge is -2.55. The molecule has 6 rings (SSSR count). The second-order valence-corrected chi connectivity index (χ2v) is 9.95. The van der Waals surface area contributed by atoms with Crippen LogP contribution in [0.25, 0.3) is 0 Å². The van der Waals surface area contributed by atoms with E-state index in [4.69, 9.17) is 0 Å². The Morgan fingerprint density at radius 1 is 1.09 bits per heavy atom. The van der Waals surface area contributed by atoms with Gasteiger partial charge in [0.25, 0.3) is 11.8 Å². The smallest absolute Gasteiger partial charge is 0.272 e. The summed E-state index contributed by atoms with van der Waals surface area (Å²) in [6.07, 6.45) is 5.44. The van der Waals surface area contributed by atoms with Crippen molar-refractivity contribution in [2.75, 3.05) is 31.1 Å². The molecule has 1 N–H and O–H groups in total. The van der Waals surface area contributed by atoms with Crippen LogP contribution in [0, 0.1) is 5.41 Å². The van der Waals surface area contributed by atoms with Crippen LogP contribution in [0.15, 0.2) is 36.8 Å². The molecule has 0 radical (unpaired) electrons. The van der Waals surface area contributed by atoms with E-state index in [1.165, 1.54) is 6.33 Å². The van der Waals surface area contributed by atoms with E-state index in [0.717, 1.165) is 37.2 Å². The van der Waals surface area contributed by atoms with E-state index in [0.29, 0.717) is 37.3 Å². The summed E-state index contributed by atoms with van der Waals surface area (Å²) in [4.78, 5) is 63.5. The summed E-state index contributed by atoms with van der Waals surface area (Å²) in [5.74, 6) is -0.878. The Labute approximate surface area is 202 Å². The highest BCUT2D eigenvalue weighted by atomic mass is 16.2. The summed E-state index contributed by atoms with van der Waals surface area (Å²) >= 11 is 0. The quantitative estimate of drug-likeness (QED) is 0.660. The lowest BCUT2D eigenvalue weighted by molar-refractivity contribution is -0.136. The van der Waals surface area contributed by atoms with Gasteiger partial charge in [0.1, 0.15) is 18.1 Å². The zero-order valence-electron chi connectivity index (χ0n) is 19.3. The van der Waals surface area contributed by atoms with Crippen molar-refractivity contribution in [3.8, 4) is 0 Å².